The molecule has 0 N–H and O–H groups in total. The second-order valence-electron chi connectivity index (χ2n) is 5.21. The zero-order valence-electron chi connectivity index (χ0n) is 11.4. The molecule has 3 heteroatoms. The molecule has 100 valence electrons. The fourth-order valence-corrected chi connectivity index (χ4v) is 2.90. The van der Waals surface area contributed by atoms with E-state index >= 15 is 0 Å². The molecule has 1 heterocycles. The number of rotatable bonds is 4. The molecule has 1 aromatic rings. The molecule has 0 saturated carbocycles. The van der Waals surface area contributed by atoms with Crippen molar-refractivity contribution in [3.05, 3.63) is 35.9 Å². The van der Waals surface area contributed by atoms with Gasteiger partial charge >= 0.3 is 5.97 Å². The summed E-state index contributed by atoms with van der Waals surface area (Å²) in [6, 6.07) is 11.9. The molecule has 0 spiro atoms. The van der Waals surface area contributed by atoms with Crippen LogP contribution in [0.5, 0.6) is 0 Å². The third kappa shape index (κ3) is 2.63. The average Bonchev–Trinajstić information content (AvgIpc) is 2.77. The van der Waals surface area contributed by atoms with Crippen molar-refractivity contribution in [1.29, 1.82) is 5.26 Å². The van der Waals surface area contributed by atoms with Crippen LogP contribution in [0.25, 0.3) is 0 Å². The van der Waals surface area contributed by atoms with Crippen LogP contribution in [0.1, 0.15) is 38.2 Å². The Morgan fingerprint density at radius 1 is 1.37 bits per heavy atom. The highest BCUT2D eigenvalue weighted by Crippen LogP contribution is 2.41. The molecule has 2 rings (SSSR count). The van der Waals surface area contributed by atoms with E-state index < -0.39 is 5.92 Å². The number of nitriles is 1. The van der Waals surface area contributed by atoms with E-state index in [4.69, 9.17) is 4.74 Å². The van der Waals surface area contributed by atoms with Crippen LogP contribution in [0.4, 0.5) is 0 Å². The maximum absolute atomic E-state index is 11.9. The van der Waals surface area contributed by atoms with Gasteiger partial charge < -0.3 is 4.74 Å². The van der Waals surface area contributed by atoms with Crippen molar-refractivity contribution in [3.63, 3.8) is 0 Å². The summed E-state index contributed by atoms with van der Waals surface area (Å²) in [4.78, 5) is 11.9. The highest BCUT2D eigenvalue weighted by molar-refractivity contribution is 5.79. The van der Waals surface area contributed by atoms with Crippen molar-refractivity contribution in [2.45, 2.75) is 38.7 Å². The van der Waals surface area contributed by atoms with E-state index in [0.717, 1.165) is 18.4 Å². The second kappa shape index (κ2) is 5.88. The molecular formula is C16H19NO2. The van der Waals surface area contributed by atoms with Crippen molar-refractivity contribution >= 4 is 5.97 Å². The Bertz CT molecular complexity index is 477. The first-order valence-electron chi connectivity index (χ1n) is 6.84. The van der Waals surface area contributed by atoms with Crippen LogP contribution in [0.3, 0.4) is 0 Å². The monoisotopic (exact) mass is 257 g/mol. The second-order valence-corrected chi connectivity index (χ2v) is 5.21. The maximum Gasteiger partial charge on any atom is 0.324 e. The van der Waals surface area contributed by atoms with Crippen LogP contribution < -0.4 is 0 Å². The Morgan fingerprint density at radius 2 is 2.05 bits per heavy atom. The molecule has 0 aromatic heterocycles. The molecule has 1 fully saturated rings. The first-order chi connectivity index (χ1) is 9.19. The number of nitrogens with zero attached hydrogens (tertiary/aromatic N) is 1. The Labute approximate surface area is 114 Å². The predicted molar refractivity (Wildman–Crippen MR) is 72.2 cm³/mol. The molecular weight excluding hydrogens is 238 g/mol. The van der Waals surface area contributed by atoms with Crippen molar-refractivity contribution in [2.24, 2.45) is 11.8 Å². The number of hydrogen-bond acceptors (Lipinski definition) is 3. The van der Waals surface area contributed by atoms with Crippen LogP contribution in [0.2, 0.25) is 0 Å². The first-order valence-corrected chi connectivity index (χ1v) is 6.84. The SMILES string of the molecule is CCCC(C)[C@H]1OC(=O)[C@@H](C#N)[C@@H]1c1ccccc1. The minimum atomic E-state index is -0.674. The van der Waals surface area contributed by atoms with Gasteiger partial charge in [0.05, 0.1) is 6.07 Å². The number of carbonyl (C=O) groups is 1. The maximum atomic E-state index is 11.9. The quantitative estimate of drug-likeness (QED) is 0.778. The standard InChI is InChI=1S/C16H19NO2/c1-3-7-11(2)15-14(12-8-5-4-6-9-12)13(10-17)16(18)19-15/h4-6,8-9,11,13-15H,3,7H2,1-2H3/t11?,13-,14-,15+/m0/s1. The third-order valence-corrected chi connectivity index (χ3v) is 3.85. The normalized spacial score (nSPS) is 27.6. The van der Waals surface area contributed by atoms with Crippen LogP contribution >= 0.6 is 0 Å². The van der Waals surface area contributed by atoms with E-state index in [-0.39, 0.29) is 23.9 Å². The summed E-state index contributed by atoms with van der Waals surface area (Å²) in [5, 5.41) is 9.25. The molecule has 1 aliphatic rings. The molecule has 0 amide bonds. The highest BCUT2D eigenvalue weighted by Gasteiger charge is 2.47. The number of benzene rings is 1. The fraction of sp³-hybridized carbons (Fsp3) is 0.500. The van der Waals surface area contributed by atoms with Gasteiger partial charge in [-0.05, 0) is 17.9 Å². The minimum Gasteiger partial charge on any atom is -0.460 e. The smallest absolute Gasteiger partial charge is 0.324 e. The lowest BCUT2D eigenvalue weighted by molar-refractivity contribution is -0.144. The number of hydrogen-bond donors (Lipinski definition) is 0. The Hall–Kier alpha value is -1.82. The van der Waals surface area contributed by atoms with Gasteiger partial charge in [0, 0.05) is 5.92 Å². The lowest BCUT2D eigenvalue weighted by atomic mass is 9.79. The Morgan fingerprint density at radius 3 is 2.63 bits per heavy atom. The third-order valence-electron chi connectivity index (χ3n) is 3.85. The summed E-state index contributed by atoms with van der Waals surface area (Å²) in [5.74, 6) is -0.909. The number of ether oxygens (including phenoxy) is 1. The molecule has 0 aliphatic carbocycles. The van der Waals surface area contributed by atoms with Crippen molar-refractivity contribution < 1.29 is 9.53 Å². The molecule has 4 atom stereocenters. The van der Waals surface area contributed by atoms with Gasteiger partial charge in [0.2, 0.25) is 0 Å². The lowest BCUT2D eigenvalue weighted by Gasteiger charge is -2.24. The van der Waals surface area contributed by atoms with Gasteiger partial charge in [0.25, 0.3) is 0 Å². The van der Waals surface area contributed by atoms with Gasteiger partial charge in [-0.3, -0.25) is 4.79 Å². The summed E-state index contributed by atoms with van der Waals surface area (Å²) in [5.41, 5.74) is 1.02. The van der Waals surface area contributed by atoms with Gasteiger partial charge in [-0.2, -0.15) is 5.26 Å². The van der Waals surface area contributed by atoms with Crippen LogP contribution in [-0.4, -0.2) is 12.1 Å². The van der Waals surface area contributed by atoms with Gasteiger partial charge in [0.15, 0.2) is 5.92 Å². The molecule has 1 aromatic carbocycles. The van der Waals surface area contributed by atoms with Crippen LogP contribution in [-0.2, 0) is 9.53 Å². The number of esters is 1. The summed E-state index contributed by atoms with van der Waals surface area (Å²) in [7, 11) is 0. The fourth-order valence-electron chi connectivity index (χ4n) is 2.90. The topological polar surface area (TPSA) is 50.1 Å². The molecule has 19 heavy (non-hydrogen) atoms. The average molecular weight is 257 g/mol. The Kier molecular flexibility index (Phi) is 4.21. The van der Waals surface area contributed by atoms with E-state index in [9.17, 15) is 10.1 Å². The van der Waals surface area contributed by atoms with Gasteiger partial charge in [0.1, 0.15) is 6.10 Å². The molecule has 3 nitrogen and oxygen atoms in total. The van der Waals surface area contributed by atoms with Crippen LogP contribution in [0, 0.1) is 23.2 Å². The van der Waals surface area contributed by atoms with Gasteiger partial charge in [-0.15, -0.1) is 0 Å². The van der Waals surface area contributed by atoms with Crippen molar-refractivity contribution in [1.82, 2.24) is 0 Å². The van der Waals surface area contributed by atoms with Gasteiger partial charge in [-0.1, -0.05) is 50.6 Å². The first kappa shape index (κ1) is 13.6. The number of carbonyl (C=O) groups excluding carboxylic acids is 1. The van der Waals surface area contributed by atoms with Crippen molar-refractivity contribution in [3.8, 4) is 6.07 Å². The Balaban J connectivity index is 2.33. The highest BCUT2D eigenvalue weighted by atomic mass is 16.6. The van der Waals surface area contributed by atoms with Crippen molar-refractivity contribution in [2.75, 3.05) is 0 Å². The van der Waals surface area contributed by atoms with Gasteiger partial charge in [-0.25, -0.2) is 0 Å². The molecule has 1 unspecified atom stereocenters. The summed E-state index contributed by atoms with van der Waals surface area (Å²) >= 11 is 0. The summed E-state index contributed by atoms with van der Waals surface area (Å²) in [6.45, 7) is 4.21. The van der Waals surface area contributed by atoms with E-state index in [1.54, 1.807) is 0 Å². The number of cyclic esters (lactones) is 1. The van der Waals surface area contributed by atoms with E-state index in [1.807, 2.05) is 30.3 Å². The van der Waals surface area contributed by atoms with E-state index in [0.29, 0.717) is 0 Å². The summed E-state index contributed by atoms with van der Waals surface area (Å²) in [6.07, 6.45) is 1.87. The molecule has 0 bridgehead atoms. The zero-order chi connectivity index (χ0) is 13.8. The molecule has 1 aliphatic heterocycles. The largest absolute Gasteiger partial charge is 0.460 e. The van der Waals surface area contributed by atoms with E-state index in [2.05, 4.69) is 19.9 Å². The predicted octanol–water partition coefficient (Wildman–Crippen LogP) is 3.27. The molecule has 1 saturated heterocycles. The minimum absolute atomic E-state index is 0.139. The lowest BCUT2D eigenvalue weighted by Crippen LogP contribution is -2.25. The molecule has 0 radical (unpaired) electrons. The van der Waals surface area contributed by atoms with E-state index in [1.165, 1.54) is 0 Å². The van der Waals surface area contributed by atoms with Crippen LogP contribution in [0.15, 0.2) is 30.3 Å². The summed E-state index contributed by atoms with van der Waals surface area (Å²) < 4.78 is 5.48. The zero-order valence-corrected chi connectivity index (χ0v) is 11.4.